The number of carbonyl (C=O) groups excluding carboxylic acids is 1. The van der Waals surface area contributed by atoms with Gasteiger partial charge in [0.15, 0.2) is 0 Å². The lowest BCUT2D eigenvalue weighted by Gasteiger charge is -2.44. The van der Waals surface area contributed by atoms with Crippen LogP contribution < -0.4 is 4.74 Å². The summed E-state index contributed by atoms with van der Waals surface area (Å²) in [5, 5.41) is 10.2. The Labute approximate surface area is 146 Å². The minimum atomic E-state index is -1.29. The lowest BCUT2D eigenvalue weighted by molar-refractivity contribution is -0.143. The van der Waals surface area contributed by atoms with Crippen molar-refractivity contribution in [3.8, 4) is 5.88 Å². The van der Waals surface area contributed by atoms with Crippen molar-refractivity contribution in [2.45, 2.75) is 32.1 Å². The van der Waals surface area contributed by atoms with Gasteiger partial charge in [0.1, 0.15) is 5.41 Å². The molecular formula is C19H21NO5. The number of esters is 1. The number of methoxy groups -OCH3 is 1. The Kier molecular flexibility index (Phi) is 4.37. The highest BCUT2D eigenvalue weighted by Gasteiger charge is 2.53. The molecule has 0 unspecified atom stereocenters. The first-order valence-corrected chi connectivity index (χ1v) is 8.26. The summed E-state index contributed by atoms with van der Waals surface area (Å²) in [6.07, 6.45) is 4.23. The quantitative estimate of drug-likeness (QED) is 0.513. The highest BCUT2D eigenvalue weighted by molar-refractivity contribution is 5.92. The van der Waals surface area contributed by atoms with Gasteiger partial charge in [-0.05, 0) is 31.4 Å². The molecule has 0 saturated carbocycles. The van der Waals surface area contributed by atoms with E-state index >= 15 is 0 Å². The first kappa shape index (κ1) is 17.2. The van der Waals surface area contributed by atoms with Gasteiger partial charge in [0.05, 0.1) is 19.4 Å². The van der Waals surface area contributed by atoms with E-state index in [1.54, 1.807) is 19.1 Å². The second-order valence-electron chi connectivity index (χ2n) is 6.41. The molecule has 2 aliphatic carbocycles. The van der Waals surface area contributed by atoms with E-state index in [1.807, 2.05) is 13.0 Å². The standard InChI is InChI=1S/C19H21NO5/c1-4-25-17(21)9-14-12-7-11(2)10-19(14,18(22)23)13-5-6-16(24-3)20-15(13)8-12/h5-7,9,12H,4,8,10H2,1-3H3,(H,22,23)/t12-,19-/m1/s1. The van der Waals surface area contributed by atoms with Crippen molar-refractivity contribution < 1.29 is 24.2 Å². The van der Waals surface area contributed by atoms with Crippen LogP contribution in [0.15, 0.2) is 35.4 Å². The van der Waals surface area contributed by atoms with Crippen molar-refractivity contribution >= 4 is 11.9 Å². The number of pyridine rings is 1. The van der Waals surface area contributed by atoms with Crippen LogP contribution in [-0.4, -0.2) is 35.7 Å². The number of carboxylic acid groups (broad SMARTS) is 1. The van der Waals surface area contributed by atoms with Crippen LogP contribution in [0.3, 0.4) is 0 Å². The van der Waals surface area contributed by atoms with E-state index in [2.05, 4.69) is 4.98 Å². The van der Waals surface area contributed by atoms with Gasteiger partial charge in [-0.2, -0.15) is 0 Å². The van der Waals surface area contributed by atoms with Gasteiger partial charge in [0.25, 0.3) is 0 Å². The van der Waals surface area contributed by atoms with Crippen molar-refractivity contribution in [2.24, 2.45) is 5.92 Å². The van der Waals surface area contributed by atoms with Crippen LogP contribution in [0.25, 0.3) is 0 Å². The summed E-state index contributed by atoms with van der Waals surface area (Å²) in [4.78, 5) is 28.9. The molecule has 2 aliphatic rings. The molecule has 1 heterocycles. The lowest BCUT2D eigenvalue weighted by Crippen LogP contribution is -2.47. The minimum absolute atomic E-state index is 0.193. The number of fused-ring (bicyclic) bond motifs is 4. The van der Waals surface area contributed by atoms with Crippen LogP contribution in [0.1, 0.15) is 31.5 Å². The third-order valence-corrected chi connectivity index (χ3v) is 4.88. The molecule has 132 valence electrons. The van der Waals surface area contributed by atoms with Crippen molar-refractivity contribution in [3.05, 3.63) is 46.7 Å². The summed E-state index contributed by atoms with van der Waals surface area (Å²) in [6, 6.07) is 3.42. The molecule has 0 radical (unpaired) electrons. The lowest BCUT2D eigenvalue weighted by atomic mass is 9.58. The van der Waals surface area contributed by atoms with Gasteiger partial charge in [-0.15, -0.1) is 0 Å². The molecule has 25 heavy (non-hydrogen) atoms. The second kappa shape index (κ2) is 6.35. The van der Waals surface area contributed by atoms with Gasteiger partial charge < -0.3 is 14.6 Å². The smallest absolute Gasteiger partial charge is 0.330 e. The van der Waals surface area contributed by atoms with Crippen LogP contribution >= 0.6 is 0 Å². The van der Waals surface area contributed by atoms with Crippen molar-refractivity contribution in [3.63, 3.8) is 0 Å². The maximum Gasteiger partial charge on any atom is 0.330 e. The molecule has 0 amide bonds. The predicted molar refractivity (Wildman–Crippen MR) is 90.4 cm³/mol. The zero-order valence-electron chi connectivity index (χ0n) is 14.5. The average molecular weight is 343 g/mol. The monoisotopic (exact) mass is 343 g/mol. The highest BCUT2D eigenvalue weighted by Crippen LogP contribution is 2.51. The van der Waals surface area contributed by atoms with Crippen LogP contribution in [-0.2, 0) is 26.2 Å². The van der Waals surface area contributed by atoms with E-state index in [4.69, 9.17) is 9.47 Å². The summed E-state index contributed by atoms with van der Waals surface area (Å²) in [5.41, 5.74) is 1.61. The number of aliphatic carboxylic acids is 1. The molecule has 0 spiro atoms. The molecule has 0 fully saturated rings. The number of ether oxygens (including phenoxy) is 2. The second-order valence-corrected chi connectivity index (χ2v) is 6.41. The van der Waals surface area contributed by atoms with E-state index in [1.165, 1.54) is 13.2 Å². The largest absolute Gasteiger partial charge is 0.481 e. The van der Waals surface area contributed by atoms with Crippen LogP contribution in [0, 0.1) is 5.92 Å². The van der Waals surface area contributed by atoms with Gasteiger partial charge in [-0.1, -0.05) is 17.7 Å². The zero-order chi connectivity index (χ0) is 18.2. The fourth-order valence-electron chi connectivity index (χ4n) is 3.95. The Balaban J connectivity index is 2.24. The molecule has 3 rings (SSSR count). The van der Waals surface area contributed by atoms with Crippen molar-refractivity contribution in [1.82, 2.24) is 4.98 Å². The summed E-state index contributed by atoms with van der Waals surface area (Å²) in [7, 11) is 1.53. The molecule has 1 N–H and O–H groups in total. The number of aromatic nitrogens is 1. The highest BCUT2D eigenvalue weighted by atomic mass is 16.5. The van der Waals surface area contributed by atoms with Gasteiger partial charge in [-0.3, -0.25) is 4.79 Å². The SMILES string of the molecule is CCOC(=O)C=C1[C@@H]2C=C(C)C[C@@]1(C(=O)O)c1ccc(OC)nc1C2. The summed E-state index contributed by atoms with van der Waals surface area (Å²) in [6.45, 7) is 3.89. The summed E-state index contributed by atoms with van der Waals surface area (Å²) in [5.74, 6) is -1.23. The number of carbonyl (C=O) groups is 2. The van der Waals surface area contributed by atoms with E-state index in [-0.39, 0.29) is 12.5 Å². The van der Waals surface area contributed by atoms with Crippen molar-refractivity contribution in [1.29, 1.82) is 0 Å². The third-order valence-electron chi connectivity index (χ3n) is 4.88. The number of hydrogen-bond acceptors (Lipinski definition) is 5. The Hall–Kier alpha value is -2.63. The van der Waals surface area contributed by atoms with Crippen molar-refractivity contribution in [2.75, 3.05) is 13.7 Å². The van der Waals surface area contributed by atoms with Gasteiger partial charge in [0, 0.05) is 24.5 Å². The summed E-state index contributed by atoms with van der Waals surface area (Å²) < 4.78 is 10.2. The number of rotatable bonds is 4. The third kappa shape index (κ3) is 2.71. The molecule has 0 aliphatic heterocycles. The molecular weight excluding hydrogens is 322 g/mol. The molecule has 2 bridgehead atoms. The van der Waals surface area contributed by atoms with E-state index in [9.17, 15) is 14.7 Å². The Bertz CT molecular complexity index is 795. The van der Waals surface area contributed by atoms with Crippen LogP contribution in [0.2, 0.25) is 0 Å². The van der Waals surface area contributed by atoms with Crippen LogP contribution in [0.5, 0.6) is 5.88 Å². The Morgan fingerprint density at radius 3 is 2.84 bits per heavy atom. The molecule has 0 saturated heterocycles. The molecule has 1 aromatic rings. The Morgan fingerprint density at radius 1 is 1.44 bits per heavy atom. The number of carboxylic acids is 1. The first-order valence-electron chi connectivity index (χ1n) is 8.26. The zero-order valence-corrected chi connectivity index (χ0v) is 14.5. The average Bonchev–Trinajstić information content (AvgIpc) is 2.55. The van der Waals surface area contributed by atoms with E-state index in [0.717, 1.165) is 5.57 Å². The van der Waals surface area contributed by atoms with E-state index in [0.29, 0.717) is 35.6 Å². The fourth-order valence-corrected chi connectivity index (χ4v) is 3.95. The molecule has 6 heteroatoms. The van der Waals surface area contributed by atoms with Gasteiger partial charge in [-0.25, -0.2) is 9.78 Å². The van der Waals surface area contributed by atoms with Crippen LogP contribution in [0.4, 0.5) is 0 Å². The predicted octanol–water partition coefficient (Wildman–Crippen LogP) is 2.42. The van der Waals surface area contributed by atoms with E-state index < -0.39 is 17.4 Å². The Morgan fingerprint density at radius 2 is 2.20 bits per heavy atom. The number of hydrogen-bond donors (Lipinski definition) is 1. The fraction of sp³-hybridized carbons (Fsp3) is 0.421. The number of allylic oxidation sites excluding steroid dienone is 2. The maximum absolute atomic E-state index is 12.4. The number of nitrogens with zero attached hydrogens (tertiary/aromatic N) is 1. The molecule has 6 nitrogen and oxygen atoms in total. The first-order chi connectivity index (χ1) is 11.9. The topological polar surface area (TPSA) is 85.7 Å². The molecule has 2 atom stereocenters. The van der Waals surface area contributed by atoms with Gasteiger partial charge >= 0.3 is 11.9 Å². The molecule has 1 aromatic heterocycles. The maximum atomic E-state index is 12.4. The summed E-state index contributed by atoms with van der Waals surface area (Å²) >= 11 is 0. The normalized spacial score (nSPS) is 25.8. The minimum Gasteiger partial charge on any atom is -0.481 e. The van der Waals surface area contributed by atoms with Gasteiger partial charge in [0.2, 0.25) is 5.88 Å². The molecule has 0 aromatic carbocycles.